The minimum atomic E-state index is -0.672. The Morgan fingerprint density at radius 2 is 2.16 bits per heavy atom. The van der Waals surface area contributed by atoms with Gasteiger partial charge in [0, 0.05) is 23.0 Å². The molecule has 0 radical (unpaired) electrons. The van der Waals surface area contributed by atoms with Gasteiger partial charge in [0.15, 0.2) is 5.82 Å². The summed E-state index contributed by atoms with van der Waals surface area (Å²) < 4.78 is 22.0. The molecule has 3 aromatic rings. The summed E-state index contributed by atoms with van der Waals surface area (Å²) in [7, 11) is 1.48. The summed E-state index contributed by atoms with van der Waals surface area (Å²) in [6, 6.07) is 10.2. The highest BCUT2D eigenvalue weighted by Crippen LogP contribution is 2.35. The summed E-state index contributed by atoms with van der Waals surface area (Å²) in [4.78, 5) is 15.3. The van der Waals surface area contributed by atoms with Gasteiger partial charge in [0.2, 0.25) is 0 Å². The lowest BCUT2D eigenvalue weighted by Gasteiger charge is -2.14. The summed E-state index contributed by atoms with van der Waals surface area (Å²) in [6.07, 6.45) is 3.02. The van der Waals surface area contributed by atoms with Gasteiger partial charge in [-0.3, -0.25) is 4.79 Å². The first-order valence-corrected chi connectivity index (χ1v) is 7.81. The van der Waals surface area contributed by atoms with Crippen molar-refractivity contribution in [2.75, 3.05) is 7.11 Å². The first-order valence-electron chi connectivity index (χ1n) is 7.43. The molecule has 25 heavy (non-hydrogen) atoms. The lowest BCUT2D eigenvalue weighted by atomic mass is 10.0. The zero-order valence-corrected chi connectivity index (χ0v) is 14.1. The molecular weight excluding hydrogens is 345 g/mol. The average molecular weight is 360 g/mol. The topological polar surface area (TPSA) is 70.1 Å². The third-order valence-corrected chi connectivity index (χ3v) is 4.03. The Bertz CT molecular complexity index is 940. The fraction of sp³-hybridized carbons (Fsp3) is 0.111. The fourth-order valence-corrected chi connectivity index (χ4v) is 2.84. The Kier molecular flexibility index (Phi) is 4.72. The van der Waals surface area contributed by atoms with Gasteiger partial charge in [0.25, 0.3) is 5.91 Å². The van der Waals surface area contributed by atoms with E-state index in [0.29, 0.717) is 27.5 Å². The highest BCUT2D eigenvalue weighted by Gasteiger charge is 2.18. The minimum absolute atomic E-state index is 0.0690. The zero-order valence-electron chi connectivity index (χ0n) is 13.4. The molecule has 0 saturated heterocycles. The summed E-state index contributed by atoms with van der Waals surface area (Å²) in [5.41, 5.74) is 6.56. The maximum atomic E-state index is 15.2. The molecule has 0 aliphatic heterocycles. The summed E-state index contributed by atoms with van der Waals surface area (Å²) in [5.74, 6) is -0.663. The number of hydrogen-bond donors (Lipinski definition) is 1. The van der Waals surface area contributed by atoms with Gasteiger partial charge in [-0.1, -0.05) is 29.8 Å². The van der Waals surface area contributed by atoms with Crippen LogP contribution in [0.4, 0.5) is 4.39 Å². The molecule has 0 saturated carbocycles. The first-order chi connectivity index (χ1) is 12.0. The van der Waals surface area contributed by atoms with Crippen LogP contribution in [0.3, 0.4) is 0 Å². The van der Waals surface area contributed by atoms with Crippen molar-refractivity contribution in [1.29, 1.82) is 0 Å². The molecule has 7 heteroatoms. The van der Waals surface area contributed by atoms with Gasteiger partial charge in [0.1, 0.15) is 11.6 Å². The fourth-order valence-electron chi connectivity index (χ4n) is 2.65. The van der Waals surface area contributed by atoms with Crippen LogP contribution >= 0.6 is 11.6 Å². The molecule has 0 aliphatic rings. The molecule has 128 valence electrons. The maximum absolute atomic E-state index is 15.2. The lowest BCUT2D eigenvalue weighted by molar-refractivity contribution is 0.0986. The van der Waals surface area contributed by atoms with Crippen LogP contribution in [0.25, 0.3) is 11.1 Å². The van der Waals surface area contributed by atoms with Gasteiger partial charge < -0.3 is 15.0 Å². The number of methoxy groups -OCH3 is 1. The predicted octanol–water partition coefficient (Wildman–Crippen LogP) is 3.50. The van der Waals surface area contributed by atoms with E-state index < -0.39 is 11.7 Å². The SMILES string of the molecule is COc1ccc(Cn2ccnc2C(N)=O)c(F)c1-c1cccc(Cl)c1. The molecular formula is C18H15ClFN3O2. The molecule has 0 aliphatic carbocycles. The number of carbonyl (C=O) groups excluding carboxylic acids is 1. The number of primary amides is 1. The van der Waals surface area contributed by atoms with Crippen molar-refractivity contribution in [3.63, 3.8) is 0 Å². The van der Waals surface area contributed by atoms with Crippen molar-refractivity contribution in [3.05, 3.63) is 71.0 Å². The van der Waals surface area contributed by atoms with Crippen LogP contribution in [0.15, 0.2) is 48.8 Å². The number of ether oxygens (including phenoxy) is 1. The van der Waals surface area contributed by atoms with Crippen LogP contribution in [0.5, 0.6) is 5.75 Å². The normalized spacial score (nSPS) is 10.7. The monoisotopic (exact) mass is 359 g/mol. The number of nitrogens with zero attached hydrogens (tertiary/aromatic N) is 2. The lowest BCUT2D eigenvalue weighted by Crippen LogP contribution is -2.18. The minimum Gasteiger partial charge on any atom is -0.496 e. The Morgan fingerprint density at radius 3 is 2.84 bits per heavy atom. The van der Waals surface area contributed by atoms with Crippen molar-refractivity contribution in [3.8, 4) is 16.9 Å². The van der Waals surface area contributed by atoms with E-state index in [1.165, 1.54) is 17.9 Å². The Hall–Kier alpha value is -2.86. The van der Waals surface area contributed by atoms with E-state index in [9.17, 15) is 4.79 Å². The second-order valence-electron chi connectivity index (χ2n) is 5.37. The van der Waals surface area contributed by atoms with Crippen LogP contribution < -0.4 is 10.5 Å². The second-order valence-corrected chi connectivity index (χ2v) is 5.81. The number of benzene rings is 2. The number of halogens is 2. The van der Waals surface area contributed by atoms with Crippen molar-refractivity contribution >= 4 is 17.5 Å². The van der Waals surface area contributed by atoms with Gasteiger partial charge in [-0.25, -0.2) is 9.37 Å². The molecule has 1 heterocycles. The van der Waals surface area contributed by atoms with Gasteiger partial charge in [-0.05, 0) is 23.8 Å². The number of rotatable bonds is 5. The van der Waals surface area contributed by atoms with E-state index in [4.69, 9.17) is 22.1 Å². The molecule has 1 aromatic heterocycles. The quantitative estimate of drug-likeness (QED) is 0.758. The highest BCUT2D eigenvalue weighted by molar-refractivity contribution is 6.30. The van der Waals surface area contributed by atoms with Gasteiger partial charge >= 0.3 is 0 Å². The predicted molar refractivity (Wildman–Crippen MR) is 93.2 cm³/mol. The van der Waals surface area contributed by atoms with Gasteiger partial charge in [-0.2, -0.15) is 0 Å². The van der Waals surface area contributed by atoms with Crippen LogP contribution in [0.1, 0.15) is 16.2 Å². The molecule has 1 amide bonds. The summed E-state index contributed by atoms with van der Waals surface area (Å²) >= 11 is 6.03. The van der Waals surface area contributed by atoms with Crippen molar-refractivity contribution in [1.82, 2.24) is 9.55 Å². The molecule has 0 unspecified atom stereocenters. The van der Waals surface area contributed by atoms with Crippen LogP contribution in [0, 0.1) is 5.82 Å². The largest absolute Gasteiger partial charge is 0.496 e. The van der Waals surface area contributed by atoms with Crippen LogP contribution in [-0.2, 0) is 6.54 Å². The van der Waals surface area contributed by atoms with E-state index in [2.05, 4.69) is 4.98 Å². The number of amides is 1. The molecule has 0 spiro atoms. The Balaban J connectivity index is 2.09. The third-order valence-electron chi connectivity index (χ3n) is 3.79. The van der Waals surface area contributed by atoms with E-state index in [1.54, 1.807) is 42.6 Å². The molecule has 0 atom stereocenters. The maximum Gasteiger partial charge on any atom is 0.284 e. The Morgan fingerprint density at radius 1 is 1.36 bits per heavy atom. The van der Waals surface area contributed by atoms with Gasteiger partial charge in [0.05, 0.1) is 19.2 Å². The second kappa shape index (κ2) is 6.94. The van der Waals surface area contributed by atoms with E-state index in [1.807, 2.05) is 0 Å². The van der Waals surface area contributed by atoms with Crippen molar-refractivity contribution in [2.45, 2.75) is 6.54 Å². The standard InChI is InChI=1S/C18H15ClFN3O2/c1-25-14-6-5-12(10-23-8-7-22-18(23)17(21)24)16(20)15(14)11-3-2-4-13(19)9-11/h2-9H,10H2,1H3,(H2,21,24). The molecule has 0 fully saturated rings. The number of hydrogen-bond acceptors (Lipinski definition) is 3. The third kappa shape index (κ3) is 3.34. The molecule has 2 aromatic carbocycles. The van der Waals surface area contributed by atoms with Crippen molar-refractivity contribution in [2.24, 2.45) is 5.73 Å². The first kappa shape index (κ1) is 17.0. The summed E-state index contributed by atoms with van der Waals surface area (Å²) in [6.45, 7) is 0.113. The summed E-state index contributed by atoms with van der Waals surface area (Å²) in [5, 5.41) is 0.495. The number of nitrogens with two attached hydrogens (primary N) is 1. The molecule has 0 bridgehead atoms. The smallest absolute Gasteiger partial charge is 0.284 e. The number of imidazole rings is 1. The van der Waals surface area contributed by atoms with E-state index >= 15 is 4.39 Å². The average Bonchev–Trinajstić information content (AvgIpc) is 3.05. The van der Waals surface area contributed by atoms with Crippen molar-refractivity contribution < 1.29 is 13.9 Å². The number of aromatic nitrogens is 2. The zero-order chi connectivity index (χ0) is 18.0. The molecule has 2 N–H and O–H groups in total. The molecule has 3 rings (SSSR count). The van der Waals surface area contributed by atoms with E-state index in [-0.39, 0.29) is 12.4 Å². The van der Waals surface area contributed by atoms with E-state index in [0.717, 1.165) is 0 Å². The van der Waals surface area contributed by atoms with Gasteiger partial charge in [-0.15, -0.1) is 0 Å². The number of carbonyl (C=O) groups is 1. The Labute approximate surface area is 148 Å². The van der Waals surface area contributed by atoms with Crippen LogP contribution in [0.2, 0.25) is 5.02 Å². The molecule has 5 nitrogen and oxygen atoms in total. The van der Waals surface area contributed by atoms with Crippen LogP contribution in [-0.4, -0.2) is 22.6 Å². The highest BCUT2D eigenvalue weighted by atomic mass is 35.5.